The Hall–Kier alpha value is -0.180. The Labute approximate surface area is 208 Å². The number of allylic oxidation sites excluding steroid dienone is 4. The second kappa shape index (κ2) is 9.98. The van der Waals surface area contributed by atoms with Gasteiger partial charge < -0.3 is 9.84 Å². The van der Waals surface area contributed by atoms with Crippen LogP contribution < -0.4 is 0 Å². The van der Waals surface area contributed by atoms with Gasteiger partial charge in [-0.1, -0.05) is 44.9 Å². The average Bonchev–Trinajstić information content (AvgIpc) is 2.64. The third-order valence-electron chi connectivity index (χ3n) is 7.86. The number of esters is 1. The predicted octanol–water partition coefficient (Wildman–Crippen LogP) is 3.53. The van der Waals surface area contributed by atoms with Crippen LogP contribution in [0.3, 0.4) is 0 Å². The number of ether oxygens (including phenoxy) is 1. The Kier molecular flexibility index (Phi) is 8.71. The minimum Gasteiger partial charge on any atom is -0.462 e. The normalized spacial score (nSPS) is 33.9. The Balaban J connectivity index is 0.00000341. The summed E-state index contributed by atoms with van der Waals surface area (Å²) >= 11 is 0. The van der Waals surface area contributed by atoms with Crippen molar-refractivity contribution >= 4 is 45.6 Å². The van der Waals surface area contributed by atoms with Gasteiger partial charge in [-0.05, 0) is 67.8 Å². The number of carbonyl (C=O) groups is 1. The molecule has 0 aliphatic heterocycles. The topological polar surface area (TPSA) is 101 Å². The SMILES string of the molecule is CC(C)C1=CC2=CCC3C(C)(C(=O)OCC(O)CS(=O)(=O)O)CCCC3(C)C2CC1.[Na]. The van der Waals surface area contributed by atoms with E-state index in [0.717, 1.165) is 38.5 Å². The van der Waals surface area contributed by atoms with E-state index in [4.69, 9.17) is 9.29 Å². The fraction of sp³-hybridized carbons (Fsp3) is 0.783. The summed E-state index contributed by atoms with van der Waals surface area (Å²) in [6, 6.07) is 0. The third-order valence-corrected chi connectivity index (χ3v) is 8.66. The molecule has 0 aromatic heterocycles. The summed E-state index contributed by atoms with van der Waals surface area (Å²) in [5.41, 5.74) is 2.27. The molecule has 0 spiro atoms. The fourth-order valence-electron chi connectivity index (χ4n) is 6.22. The van der Waals surface area contributed by atoms with Crippen molar-refractivity contribution in [3.63, 3.8) is 0 Å². The summed E-state index contributed by atoms with van der Waals surface area (Å²) in [6.07, 6.45) is 9.05. The molecule has 1 fully saturated rings. The second-order valence-electron chi connectivity index (χ2n) is 10.2. The molecule has 1 saturated carbocycles. The Bertz CT molecular complexity index is 848. The first-order chi connectivity index (χ1) is 13.9. The second-order valence-corrected chi connectivity index (χ2v) is 11.7. The summed E-state index contributed by atoms with van der Waals surface area (Å²) in [7, 11) is -4.32. The molecule has 0 bridgehead atoms. The van der Waals surface area contributed by atoms with Crippen molar-refractivity contribution in [1.29, 1.82) is 0 Å². The van der Waals surface area contributed by atoms with E-state index in [1.165, 1.54) is 11.1 Å². The van der Waals surface area contributed by atoms with Crippen LogP contribution in [0.25, 0.3) is 0 Å². The van der Waals surface area contributed by atoms with Crippen LogP contribution in [0.15, 0.2) is 23.3 Å². The first-order valence-electron chi connectivity index (χ1n) is 11.1. The minimum atomic E-state index is -4.32. The average molecular weight is 464 g/mol. The van der Waals surface area contributed by atoms with E-state index in [1.54, 1.807) is 0 Å². The zero-order valence-corrected chi connectivity index (χ0v) is 22.4. The van der Waals surface area contributed by atoms with E-state index in [0.29, 0.717) is 11.8 Å². The minimum absolute atomic E-state index is 0. The molecule has 171 valence electrons. The molecule has 3 aliphatic rings. The maximum atomic E-state index is 13.1. The molecule has 3 rings (SSSR count). The molecule has 1 radical (unpaired) electrons. The van der Waals surface area contributed by atoms with E-state index < -0.39 is 34.0 Å². The molecule has 0 aromatic rings. The van der Waals surface area contributed by atoms with Crippen LogP contribution in [0.4, 0.5) is 0 Å². The van der Waals surface area contributed by atoms with Crippen LogP contribution in [0.2, 0.25) is 0 Å². The van der Waals surface area contributed by atoms with Gasteiger partial charge in [-0.25, -0.2) is 0 Å². The van der Waals surface area contributed by atoms with Gasteiger partial charge in [-0.3, -0.25) is 9.35 Å². The molecular formula is C23H36NaO6S. The molecule has 0 aromatic carbocycles. The Morgan fingerprint density at radius 1 is 1.29 bits per heavy atom. The molecule has 5 atom stereocenters. The van der Waals surface area contributed by atoms with Gasteiger partial charge in [0, 0.05) is 29.6 Å². The van der Waals surface area contributed by atoms with Crippen molar-refractivity contribution in [2.45, 2.75) is 72.3 Å². The molecule has 8 heteroatoms. The first-order valence-corrected chi connectivity index (χ1v) is 12.7. The zero-order valence-electron chi connectivity index (χ0n) is 19.6. The number of aliphatic hydroxyl groups is 1. The number of aliphatic hydroxyl groups excluding tert-OH is 1. The first kappa shape index (κ1) is 27.1. The van der Waals surface area contributed by atoms with E-state index >= 15 is 0 Å². The third kappa shape index (κ3) is 5.67. The summed E-state index contributed by atoms with van der Waals surface area (Å²) in [5.74, 6) is -0.0716. The van der Waals surface area contributed by atoms with Gasteiger partial charge in [0.2, 0.25) is 0 Å². The van der Waals surface area contributed by atoms with Gasteiger partial charge in [0.15, 0.2) is 0 Å². The molecule has 0 amide bonds. The Morgan fingerprint density at radius 3 is 2.58 bits per heavy atom. The van der Waals surface area contributed by atoms with Crippen LogP contribution in [0.5, 0.6) is 0 Å². The summed E-state index contributed by atoms with van der Waals surface area (Å²) < 4.78 is 36.1. The van der Waals surface area contributed by atoms with Gasteiger partial charge in [0.25, 0.3) is 10.1 Å². The zero-order chi connectivity index (χ0) is 22.3. The largest absolute Gasteiger partial charge is 0.462 e. The number of hydrogen-bond donors (Lipinski definition) is 2. The predicted molar refractivity (Wildman–Crippen MR) is 121 cm³/mol. The van der Waals surface area contributed by atoms with E-state index in [9.17, 15) is 18.3 Å². The van der Waals surface area contributed by atoms with Crippen LogP contribution in [-0.2, 0) is 19.6 Å². The van der Waals surface area contributed by atoms with Gasteiger partial charge in [-0.2, -0.15) is 8.42 Å². The van der Waals surface area contributed by atoms with E-state index in [2.05, 4.69) is 32.9 Å². The standard InChI is InChI=1S/C23H36O6S.Na/c1-15(2)16-6-8-19-17(12-16)7-9-20-22(19,3)10-5-11-23(20,4)21(25)29-13-18(24)14-30(26,27)28;/h7,12,15,18-20,24H,5-6,8-11,13-14H2,1-4H3,(H,26,27,28);. The quantitative estimate of drug-likeness (QED) is 0.355. The number of fused-ring (bicyclic) bond motifs is 3. The van der Waals surface area contributed by atoms with Crippen molar-refractivity contribution < 1.29 is 27.6 Å². The summed E-state index contributed by atoms with van der Waals surface area (Å²) in [5, 5.41) is 9.79. The molecule has 0 heterocycles. The van der Waals surface area contributed by atoms with Crippen LogP contribution in [-0.4, -0.2) is 72.1 Å². The molecule has 5 unspecified atom stereocenters. The molecule has 0 saturated heterocycles. The van der Waals surface area contributed by atoms with E-state index in [-0.39, 0.29) is 46.9 Å². The monoisotopic (exact) mass is 463 g/mol. The fourth-order valence-corrected chi connectivity index (χ4v) is 6.80. The van der Waals surface area contributed by atoms with Gasteiger partial charge in [-0.15, -0.1) is 0 Å². The number of hydrogen-bond acceptors (Lipinski definition) is 5. The van der Waals surface area contributed by atoms with Gasteiger partial charge >= 0.3 is 5.97 Å². The van der Waals surface area contributed by atoms with Crippen LogP contribution in [0.1, 0.15) is 66.2 Å². The number of rotatable bonds is 6. The van der Waals surface area contributed by atoms with Crippen LogP contribution in [0, 0.1) is 28.6 Å². The van der Waals surface area contributed by atoms with Gasteiger partial charge in [0.1, 0.15) is 18.5 Å². The summed E-state index contributed by atoms with van der Waals surface area (Å²) in [4.78, 5) is 13.1. The number of carbonyl (C=O) groups excluding carboxylic acids is 1. The van der Waals surface area contributed by atoms with E-state index in [1.807, 2.05) is 6.92 Å². The molecule has 31 heavy (non-hydrogen) atoms. The molecular weight excluding hydrogens is 427 g/mol. The van der Waals surface area contributed by atoms with Crippen molar-refractivity contribution in [3.05, 3.63) is 23.3 Å². The van der Waals surface area contributed by atoms with Crippen molar-refractivity contribution in [1.82, 2.24) is 0 Å². The molecule has 6 nitrogen and oxygen atoms in total. The Morgan fingerprint density at radius 2 is 1.97 bits per heavy atom. The van der Waals surface area contributed by atoms with Crippen molar-refractivity contribution in [2.75, 3.05) is 12.4 Å². The van der Waals surface area contributed by atoms with Crippen molar-refractivity contribution in [3.8, 4) is 0 Å². The van der Waals surface area contributed by atoms with Gasteiger partial charge in [0.05, 0.1) is 5.41 Å². The maximum Gasteiger partial charge on any atom is 0.312 e. The summed E-state index contributed by atoms with van der Waals surface area (Å²) in [6.45, 7) is 8.34. The maximum absolute atomic E-state index is 13.1. The molecule has 2 N–H and O–H groups in total. The smallest absolute Gasteiger partial charge is 0.312 e. The molecule has 3 aliphatic carbocycles. The van der Waals surface area contributed by atoms with Crippen LogP contribution >= 0.6 is 0 Å². The van der Waals surface area contributed by atoms with Crippen molar-refractivity contribution in [2.24, 2.45) is 28.6 Å².